The SMILES string of the molecule is CC1(C)C(=O)NCCC12CNC2. The second-order valence-electron chi connectivity index (χ2n) is 4.51. The topological polar surface area (TPSA) is 41.1 Å². The van der Waals surface area contributed by atoms with Gasteiger partial charge in [0.15, 0.2) is 0 Å². The first-order valence-corrected chi connectivity index (χ1v) is 4.58. The molecule has 0 aromatic carbocycles. The third kappa shape index (κ3) is 0.774. The van der Waals surface area contributed by atoms with Gasteiger partial charge in [-0.25, -0.2) is 0 Å². The van der Waals surface area contributed by atoms with Crippen LogP contribution >= 0.6 is 0 Å². The molecule has 2 aliphatic heterocycles. The molecule has 1 spiro atoms. The first-order chi connectivity index (χ1) is 5.58. The molecule has 0 radical (unpaired) electrons. The number of piperidine rings is 1. The zero-order chi connectivity index (χ0) is 8.82. The predicted molar refractivity (Wildman–Crippen MR) is 46.7 cm³/mol. The highest BCUT2D eigenvalue weighted by Crippen LogP contribution is 2.46. The maximum atomic E-state index is 11.6. The summed E-state index contributed by atoms with van der Waals surface area (Å²) in [5.41, 5.74) is 0.0613. The molecule has 3 nitrogen and oxygen atoms in total. The highest BCUT2D eigenvalue weighted by Gasteiger charge is 2.55. The van der Waals surface area contributed by atoms with Crippen molar-refractivity contribution in [2.45, 2.75) is 20.3 Å². The quantitative estimate of drug-likeness (QED) is 0.539. The number of carbonyl (C=O) groups is 1. The molecule has 12 heavy (non-hydrogen) atoms. The Morgan fingerprint density at radius 1 is 1.33 bits per heavy atom. The fraction of sp³-hybridized carbons (Fsp3) is 0.889. The van der Waals surface area contributed by atoms with E-state index in [0.717, 1.165) is 26.1 Å². The third-order valence-corrected chi connectivity index (χ3v) is 3.71. The number of carbonyl (C=O) groups excluding carboxylic acids is 1. The Morgan fingerprint density at radius 3 is 2.42 bits per heavy atom. The van der Waals surface area contributed by atoms with E-state index in [1.54, 1.807) is 0 Å². The van der Waals surface area contributed by atoms with Gasteiger partial charge in [0.25, 0.3) is 0 Å². The van der Waals surface area contributed by atoms with Crippen LogP contribution in [0, 0.1) is 10.8 Å². The Morgan fingerprint density at radius 2 is 2.00 bits per heavy atom. The van der Waals surface area contributed by atoms with E-state index in [9.17, 15) is 4.79 Å². The van der Waals surface area contributed by atoms with E-state index in [1.165, 1.54) is 0 Å². The zero-order valence-electron chi connectivity index (χ0n) is 7.74. The van der Waals surface area contributed by atoms with Crippen LogP contribution in [0.15, 0.2) is 0 Å². The molecule has 0 aromatic heterocycles. The van der Waals surface area contributed by atoms with Gasteiger partial charge >= 0.3 is 0 Å². The molecular formula is C9H16N2O. The van der Waals surface area contributed by atoms with Crippen molar-refractivity contribution < 1.29 is 4.79 Å². The molecule has 2 heterocycles. The average molecular weight is 168 g/mol. The predicted octanol–water partition coefficient (Wildman–Crippen LogP) is 0.122. The summed E-state index contributed by atoms with van der Waals surface area (Å²) in [5, 5.41) is 6.20. The summed E-state index contributed by atoms with van der Waals surface area (Å²) in [6.45, 7) is 6.98. The molecule has 0 aliphatic carbocycles. The molecule has 2 rings (SSSR count). The standard InChI is InChI=1S/C9H16N2O/c1-8(2)7(12)11-4-3-9(8)5-10-6-9/h10H,3-6H2,1-2H3,(H,11,12). The van der Waals surface area contributed by atoms with Gasteiger partial charge in [0.2, 0.25) is 5.91 Å². The number of amides is 1. The number of rotatable bonds is 0. The van der Waals surface area contributed by atoms with Crippen molar-refractivity contribution in [3.8, 4) is 0 Å². The minimum Gasteiger partial charge on any atom is -0.356 e. The zero-order valence-corrected chi connectivity index (χ0v) is 7.74. The lowest BCUT2D eigenvalue weighted by Crippen LogP contribution is -2.68. The molecule has 0 unspecified atom stereocenters. The molecule has 2 fully saturated rings. The maximum absolute atomic E-state index is 11.6. The summed E-state index contributed by atoms with van der Waals surface area (Å²) >= 11 is 0. The van der Waals surface area contributed by atoms with E-state index in [1.807, 2.05) is 0 Å². The summed E-state index contributed by atoms with van der Waals surface area (Å²) in [6, 6.07) is 0. The monoisotopic (exact) mass is 168 g/mol. The van der Waals surface area contributed by atoms with E-state index in [0.29, 0.717) is 0 Å². The normalized spacial score (nSPS) is 31.0. The summed E-state index contributed by atoms with van der Waals surface area (Å²) in [5.74, 6) is 0.218. The molecule has 1 amide bonds. The summed E-state index contributed by atoms with van der Waals surface area (Å²) < 4.78 is 0. The molecule has 0 aromatic rings. The Bertz CT molecular complexity index is 219. The Labute approximate surface area is 72.9 Å². The van der Waals surface area contributed by atoms with Crippen LogP contribution in [0.5, 0.6) is 0 Å². The molecular weight excluding hydrogens is 152 g/mol. The minimum atomic E-state index is -0.184. The van der Waals surface area contributed by atoms with Crippen LogP contribution in [0.1, 0.15) is 20.3 Å². The minimum absolute atomic E-state index is 0.184. The van der Waals surface area contributed by atoms with Gasteiger partial charge in [-0.1, -0.05) is 13.8 Å². The highest BCUT2D eigenvalue weighted by molar-refractivity contribution is 5.84. The average Bonchev–Trinajstić information content (AvgIpc) is 1.91. The van der Waals surface area contributed by atoms with Crippen molar-refractivity contribution in [2.75, 3.05) is 19.6 Å². The van der Waals surface area contributed by atoms with Crippen LogP contribution in [0.3, 0.4) is 0 Å². The first-order valence-electron chi connectivity index (χ1n) is 4.58. The largest absolute Gasteiger partial charge is 0.356 e. The van der Waals surface area contributed by atoms with Crippen molar-refractivity contribution in [1.29, 1.82) is 0 Å². The van der Waals surface area contributed by atoms with Gasteiger partial charge in [0, 0.05) is 25.0 Å². The lowest BCUT2D eigenvalue weighted by Gasteiger charge is -2.55. The fourth-order valence-electron chi connectivity index (χ4n) is 2.24. The van der Waals surface area contributed by atoms with Gasteiger partial charge in [-0.05, 0) is 6.42 Å². The van der Waals surface area contributed by atoms with Crippen LogP contribution in [-0.4, -0.2) is 25.5 Å². The van der Waals surface area contributed by atoms with Crippen LogP contribution in [0.4, 0.5) is 0 Å². The van der Waals surface area contributed by atoms with E-state index in [4.69, 9.17) is 0 Å². The third-order valence-electron chi connectivity index (χ3n) is 3.71. The number of hydrogen-bond donors (Lipinski definition) is 2. The van der Waals surface area contributed by atoms with Crippen molar-refractivity contribution in [1.82, 2.24) is 10.6 Å². The van der Waals surface area contributed by atoms with Gasteiger partial charge in [0.05, 0.1) is 5.41 Å². The highest BCUT2D eigenvalue weighted by atomic mass is 16.2. The summed E-state index contributed by atoms with van der Waals surface area (Å²) in [7, 11) is 0. The smallest absolute Gasteiger partial charge is 0.226 e. The summed E-state index contributed by atoms with van der Waals surface area (Å²) in [6.07, 6.45) is 1.12. The molecule has 0 saturated carbocycles. The van der Waals surface area contributed by atoms with E-state index >= 15 is 0 Å². The second kappa shape index (κ2) is 2.22. The Balaban J connectivity index is 2.27. The van der Waals surface area contributed by atoms with E-state index < -0.39 is 0 Å². The van der Waals surface area contributed by atoms with Crippen molar-refractivity contribution in [2.24, 2.45) is 10.8 Å². The first kappa shape index (κ1) is 8.05. The lowest BCUT2D eigenvalue weighted by atomic mass is 9.58. The molecule has 2 N–H and O–H groups in total. The van der Waals surface area contributed by atoms with Crippen LogP contribution in [0.2, 0.25) is 0 Å². The molecule has 3 heteroatoms. The van der Waals surface area contributed by atoms with Gasteiger partial charge in [-0.3, -0.25) is 4.79 Å². The van der Waals surface area contributed by atoms with Crippen molar-refractivity contribution >= 4 is 5.91 Å². The second-order valence-corrected chi connectivity index (χ2v) is 4.51. The van der Waals surface area contributed by atoms with Crippen LogP contribution in [-0.2, 0) is 4.79 Å². The fourth-order valence-corrected chi connectivity index (χ4v) is 2.24. The van der Waals surface area contributed by atoms with Gasteiger partial charge in [-0.2, -0.15) is 0 Å². The van der Waals surface area contributed by atoms with Gasteiger partial charge in [0.1, 0.15) is 0 Å². The molecule has 68 valence electrons. The number of hydrogen-bond acceptors (Lipinski definition) is 2. The van der Waals surface area contributed by atoms with Crippen LogP contribution < -0.4 is 10.6 Å². The molecule has 2 saturated heterocycles. The molecule has 0 bridgehead atoms. The lowest BCUT2D eigenvalue weighted by molar-refractivity contribution is -0.145. The summed E-state index contributed by atoms with van der Waals surface area (Å²) in [4.78, 5) is 11.6. The van der Waals surface area contributed by atoms with Gasteiger partial charge < -0.3 is 10.6 Å². The number of nitrogens with one attached hydrogen (secondary N) is 2. The maximum Gasteiger partial charge on any atom is 0.226 e. The van der Waals surface area contributed by atoms with E-state index in [-0.39, 0.29) is 16.7 Å². The van der Waals surface area contributed by atoms with E-state index in [2.05, 4.69) is 24.5 Å². The molecule has 0 atom stereocenters. The van der Waals surface area contributed by atoms with Gasteiger partial charge in [-0.15, -0.1) is 0 Å². The Hall–Kier alpha value is -0.570. The Kier molecular flexibility index (Phi) is 1.49. The van der Waals surface area contributed by atoms with Crippen molar-refractivity contribution in [3.63, 3.8) is 0 Å². The van der Waals surface area contributed by atoms with Crippen LogP contribution in [0.25, 0.3) is 0 Å². The molecule has 2 aliphatic rings. The van der Waals surface area contributed by atoms with Crippen molar-refractivity contribution in [3.05, 3.63) is 0 Å².